The second-order valence-corrected chi connectivity index (χ2v) is 28.9. The highest BCUT2D eigenvalue weighted by Gasteiger charge is 2.42. The fraction of sp³-hybridized carbons (Fsp3) is 0.616. The summed E-state index contributed by atoms with van der Waals surface area (Å²) in [5.41, 5.74) is 11.9. The molecule has 16 atom stereocenters. The first-order valence-electron chi connectivity index (χ1n) is 37.0. The molecule has 1 saturated heterocycles. The van der Waals surface area contributed by atoms with E-state index in [4.69, 9.17) is 11.5 Å². The summed E-state index contributed by atoms with van der Waals surface area (Å²) in [6.07, 6.45) is -3.34. The summed E-state index contributed by atoms with van der Waals surface area (Å²) in [6, 6.07) is -8.93. The van der Waals surface area contributed by atoms with Gasteiger partial charge in [0.2, 0.25) is 82.7 Å². The van der Waals surface area contributed by atoms with E-state index in [9.17, 15) is 107 Å². The fourth-order valence-electron chi connectivity index (χ4n) is 11.7. The lowest BCUT2D eigenvalue weighted by Gasteiger charge is -2.31. The number of phenolic OH excluding ortho intramolecular Hbond substituents is 2. The number of amides is 14. The summed E-state index contributed by atoms with van der Waals surface area (Å²) in [6.45, 7) is 16.8. The van der Waals surface area contributed by atoms with Crippen molar-refractivity contribution in [3.63, 3.8) is 0 Å². The molecule has 1 aliphatic heterocycles. The van der Waals surface area contributed by atoms with Crippen molar-refractivity contribution in [3.8, 4) is 11.5 Å². The number of carbonyl (C=O) groups excluding carboxylic acids is 14. The zero-order valence-electron chi connectivity index (χ0n) is 64.8. The molecule has 618 valence electrons. The van der Waals surface area contributed by atoms with Crippen molar-refractivity contribution < 1.29 is 107 Å². The smallest absolute Gasteiger partial charge is 0.325 e. The Morgan fingerprint density at radius 2 is 0.892 bits per heavy atom. The number of aliphatic hydroxyl groups is 2. The van der Waals surface area contributed by atoms with E-state index in [2.05, 4.69) is 69.1 Å². The van der Waals surface area contributed by atoms with Crippen molar-refractivity contribution in [2.75, 3.05) is 26.2 Å². The molecule has 1 heterocycles. The number of aliphatic hydroxyl groups excluding tert-OH is 2. The molecule has 0 bridgehead atoms. The van der Waals surface area contributed by atoms with Crippen LogP contribution in [0.25, 0.3) is 0 Å². The number of aromatic hydroxyl groups is 2. The van der Waals surface area contributed by atoms with Crippen LogP contribution in [0, 0.1) is 23.7 Å². The lowest BCUT2D eigenvalue weighted by Crippen LogP contribution is -2.64. The van der Waals surface area contributed by atoms with E-state index in [0.29, 0.717) is 31.4 Å². The van der Waals surface area contributed by atoms with Crippen LogP contribution in [-0.4, -0.2) is 247 Å². The van der Waals surface area contributed by atoms with Crippen LogP contribution in [0.3, 0.4) is 0 Å². The Bertz CT molecular complexity index is 3540. The summed E-state index contributed by atoms with van der Waals surface area (Å²) in [5, 5.41) is 93.3. The molecule has 111 heavy (non-hydrogen) atoms. The topological polar surface area (TPSA) is 606 Å². The summed E-state index contributed by atoms with van der Waals surface area (Å²) < 4.78 is 0. The average molecular weight is 1570 g/mol. The predicted molar refractivity (Wildman–Crippen MR) is 400 cm³/mol. The molecule has 23 N–H and O–H groups in total. The third-order valence-electron chi connectivity index (χ3n) is 18.3. The zero-order valence-corrected chi connectivity index (χ0v) is 64.8. The van der Waals surface area contributed by atoms with Gasteiger partial charge in [0.15, 0.2) is 0 Å². The molecule has 1 fully saturated rings. The maximum atomic E-state index is 14.6. The Hall–Kier alpha value is -10.6. The number of aliphatic carboxylic acids is 2. The molecule has 0 aromatic heterocycles. The van der Waals surface area contributed by atoms with E-state index in [1.807, 2.05) is 13.8 Å². The van der Waals surface area contributed by atoms with Crippen LogP contribution in [0.15, 0.2) is 48.5 Å². The van der Waals surface area contributed by atoms with Crippen LogP contribution in [0.1, 0.15) is 146 Å². The molecule has 14 amide bonds. The van der Waals surface area contributed by atoms with Gasteiger partial charge in [-0.15, -0.1) is 0 Å². The Labute approximate surface area is 644 Å². The Morgan fingerprint density at radius 3 is 1.36 bits per heavy atom. The number of carboxylic acid groups (broad SMARTS) is 2. The van der Waals surface area contributed by atoms with Gasteiger partial charge < -0.3 is 116 Å². The first kappa shape index (κ1) is 94.6. The van der Waals surface area contributed by atoms with E-state index >= 15 is 0 Å². The third-order valence-corrected chi connectivity index (χ3v) is 18.3. The van der Waals surface area contributed by atoms with Crippen molar-refractivity contribution in [1.29, 1.82) is 0 Å². The number of rotatable bonds is 46. The van der Waals surface area contributed by atoms with Crippen molar-refractivity contribution in [1.82, 2.24) is 74.0 Å². The second kappa shape index (κ2) is 46.2. The average Bonchev–Trinajstić information content (AvgIpc) is 1.79. The Morgan fingerprint density at radius 1 is 0.468 bits per heavy atom. The molecular formula is C73H114N16O22. The fourth-order valence-corrected chi connectivity index (χ4v) is 11.7. The van der Waals surface area contributed by atoms with Gasteiger partial charge in [-0.25, -0.2) is 0 Å². The van der Waals surface area contributed by atoms with Crippen LogP contribution in [0.4, 0.5) is 0 Å². The highest BCUT2D eigenvalue weighted by molar-refractivity contribution is 6.01. The van der Waals surface area contributed by atoms with Gasteiger partial charge >= 0.3 is 11.9 Å². The summed E-state index contributed by atoms with van der Waals surface area (Å²) >= 11 is 0. The highest BCUT2D eigenvalue weighted by atomic mass is 16.4. The zero-order chi connectivity index (χ0) is 83.8. The van der Waals surface area contributed by atoms with Crippen LogP contribution < -0.4 is 80.6 Å². The van der Waals surface area contributed by atoms with Gasteiger partial charge in [-0.05, 0) is 132 Å². The Kier molecular flexibility index (Phi) is 39.3. The quantitative estimate of drug-likeness (QED) is 0.0279. The second-order valence-electron chi connectivity index (χ2n) is 28.9. The van der Waals surface area contributed by atoms with Gasteiger partial charge in [0.25, 0.3) is 0 Å². The summed E-state index contributed by atoms with van der Waals surface area (Å²) in [4.78, 5) is 219. The Balaban J connectivity index is 1.86. The van der Waals surface area contributed by atoms with Crippen molar-refractivity contribution >= 4 is 94.6 Å². The maximum Gasteiger partial charge on any atom is 0.325 e. The molecule has 38 nitrogen and oxygen atoms in total. The number of benzene rings is 2. The first-order valence-corrected chi connectivity index (χ1v) is 37.0. The van der Waals surface area contributed by atoms with Crippen LogP contribution in [0.2, 0.25) is 0 Å². The number of hydrogen-bond acceptors (Lipinski definition) is 22. The van der Waals surface area contributed by atoms with Gasteiger partial charge in [0, 0.05) is 19.4 Å². The number of unbranched alkanes of at least 4 members (excludes halogenated alkanes) is 1. The van der Waals surface area contributed by atoms with Gasteiger partial charge in [-0.2, -0.15) is 0 Å². The molecule has 0 aliphatic carbocycles. The molecule has 38 heteroatoms. The number of hydrogen-bond donors (Lipinski definition) is 21. The molecule has 0 radical (unpaired) electrons. The number of likely N-dealkylation sites (tertiary alicyclic amines) is 1. The van der Waals surface area contributed by atoms with Crippen molar-refractivity contribution in [2.24, 2.45) is 35.1 Å². The SMILES string of the molecule is CC[C@H](C)[C@H](NC(=O)[C@@H](NC(=O)[C@H](Cc1ccc(O)cc1)NC(=O)[C@H](CC(=O)O)NC(=O)[C@@H](NC(=O)CNC(=O)[C@@H]1CCCN1C(=O)[C@H](CCCCN)NC(=O)[C@H](CC(C)C)NC(=O)CN)C(C)C)[C@@H](C)O)C(=O)N[C@H](C(=O)N[C@H](C(=O)N[C@@H](Cc1ccc(O)cc1)C(=O)N[C@@H](C)C(=O)N[C@@H](C)C(=O)O)C(C)C)[C@@H](C)O. The van der Waals surface area contributed by atoms with Crippen molar-refractivity contribution in [3.05, 3.63) is 59.7 Å². The molecule has 2 aromatic rings. The van der Waals surface area contributed by atoms with E-state index in [-0.39, 0.29) is 68.2 Å². The van der Waals surface area contributed by atoms with E-state index in [0.717, 1.165) is 13.8 Å². The van der Waals surface area contributed by atoms with Crippen LogP contribution in [-0.2, 0) is 89.6 Å². The standard InChI is InChI=1S/C73H114N16O22/c1-13-38(8)58(69(106)88-60(42(12)91)70(107)85-57(37(6)7)68(105)82-49(30-43-19-23-45(92)24-20-43)62(99)77-39(9)61(98)78-40(10)73(110)111)86-71(108)59(41(11)90)87-65(102)50(31-44-21-25-46(93)26-22-44)81-64(101)51(32-55(96)97)83-67(104)56(36(4)5)84-54(95)34-76-66(103)52-18-16-28-89(52)72(109)47(17-14-15-27-74)80-63(100)48(29-35(2)3)79-53(94)33-75/h19-26,35-42,47-52,56-60,90-93H,13-18,27-34,74-75H2,1-12H3,(H,76,103)(H,77,99)(H,78,98)(H,79,94)(H,80,100)(H,81,101)(H,82,105)(H,83,104)(H,84,95)(H,85,107)(H,86,108)(H,87,102)(H,88,106)(H,96,97)(H,110,111)/t38-,39-,40-,41+,42+,47-,48-,49-,50-,51-,52-,56-,57-,58-,59-,60-/m0/s1. The van der Waals surface area contributed by atoms with Gasteiger partial charge in [0.05, 0.1) is 31.7 Å². The number of nitrogens with one attached hydrogen (secondary N) is 13. The lowest BCUT2D eigenvalue weighted by molar-refractivity contribution is -0.142. The van der Waals surface area contributed by atoms with E-state index in [1.54, 1.807) is 6.92 Å². The minimum atomic E-state index is -2.00. The minimum Gasteiger partial charge on any atom is -0.508 e. The van der Waals surface area contributed by atoms with Gasteiger partial charge in [0.1, 0.15) is 90.0 Å². The number of carbonyl (C=O) groups is 16. The minimum absolute atomic E-state index is 0.0459. The number of carboxylic acids is 2. The first-order chi connectivity index (χ1) is 52.0. The molecule has 2 aromatic carbocycles. The molecule has 0 unspecified atom stereocenters. The predicted octanol–water partition coefficient (Wildman–Crippen LogP) is -4.34. The lowest BCUT2D eigenvalue weighted by atomic mass is 9.96. The largest absolute Gasteiger partial charge is 0.508 e. The highest BCUT2D eigenvalue weighted by Crippen LogP contribution is 2.22. The molecule has 1 aliphatic rings. The number of nitrogens with zero attached hydrogens (tertiary/aromatic N) is 1. The molecular weight excluding hydrogens is 1450 g/mol. The molecule has 0 spiro atoms. The third kappa shape index (κ3) is 31.4. The normalized spacial score (nSPS) is 16.7. The molecule has 3 rings (SSSR count). The summed E-state index contributed by atoms with van der Waals surface area (Å²) in [7, 11) is 0. The number of nitrogens with two attached hydrogens (primary N) is 2. The maximum absolute atomic E-state index is 14.6. The van der Waals surface area contributed by atoms with Crippen LogP contribution >= 0.6 is 0 Å². The van der Waals surface area contributed by atoms with E-state index < -0.39 is 223 Å². The van der Waals surface area contributed by atoms with E-state index in [1.165, 1.54) is 102 Å². The van der Waals surface area contributed by atoms with Crippen LogP contribution in [0.5, 0.6) is 11.5 Å². The monoisotopic (exact) mass is 1570 g/mol. The summed E-state index contributed by atoms with van der Waals surface area (Å²) in [5.74, 6) is -19.0. The molecule has 0 saturated carbocycles. The van der Waals surface area contributed by atoms with Gasteiger partial charge in [-0.1, -0.05) is 86.1 Å². The van der Waals surface area contributed by atoms with Crippen molar-refractivity contribution in [2.45, 2.75) is 238 Å². The number of phenols is 2. The van der Waals surface area contributed by atoms with Gasteiger partial charge in [-0.3, -0.25) is 76.7 Å².